The molecule has 224 valence electrons. The minimum Gasteiger partial charge on any atom is -0.0619 e. The van der Waals surface area contributed by atoms with Crippen molar-refractivity contribution in [2.24, 2.45) is 0 Å². The summed E-state index contributed by atoms with van der Waals surface area (Å²) in [6, 6.07) is 42.0. The first-order valence-electron chi connectivity index (χ1n) is 10.6. The van der Waals surface area contributed by atoms with E-state index in [2.05, 4.69) is 97.1 Å². The average molecular weight is 664 g/mol. The van der Waals surface area contributed by atoms with Gasteiger partial charge in [-0.2, -0.15) is 0 Å². The number of halogens is 12. The molecule has 0 N–H and O–H groups in total. The van der Waals surface area contributed by atoms with Crippen molar-refractivity contribution in [2.75, 3.05) is 0 Å². The molecule has 0 aliphatic rings. The Balaban J connectivity index is 0.000000280. The number of benzene rings is 4. The topological polar surface area (TPSA) is 0 Å². The van der Waals surface area contributed by atoms with Gasteiger partial charge in [-0.25, -0.2) is 0 Å². The summed E-state index contributed by atoms with van der Waals surface area (Å²) < 4.78 is 118. The molecule has 0 spiro atoms. The SMILES string of the molecule is F[P-](F)(F)(F)(F)F.F[P-](F)(F)(F)(F)F.c1ccc([SH+]c2ccccc2)cc1.c1ccc([SH+]c2ccccc2)cc1. The second kappa shape index (κ2) is 12.2. The molecule has 0 aromatic heterocycles. The standard InChI is InChI=1S/2C12H10S.2F6P/c2*1-3-7-11(8-4-1)13-12-9-5-2-6-10-12;2*1-7(2,3,4,5)6/h2*1-10H;;/q;;2*-1/p+2. The molecule has 0 aliphatic carbocycles. The Kier molecular flexibility index (Phi) is 10.9. The Bertz CT molecular complexity index is 1080. The number of thiol groups is 2. The van der Waals surface area contributed by atoms with E-state index in [1.54, 1.807) is 0 Å². The van der Waals surface area contributed by atoms with Crippen molar-refractivity contribution in [3.8, 4) is 0 Å². The summed E-state index contributed by atoms with van der Waals surface area (Å²) in [7, 11) is -21.3. The first-order chi connectivity index (χ1) is 17.8. The van der Waals surface area contributed by atoms with Crippen LogP contribution in [0.1, 0.15) is 0 Å². The molecule has 0 nitrogen and oxygen atoms in total. The summed E-state index contributed by atoms with van der Waals surface area (Å²) in [5, 5.41) is 0. The van der Waals surface area contributed by atoms with Crippen molar-refractivity contribution in [1.29, 1.82) is 0 Å². The normalized spacial score (nSPS) is 14.5. The van der Waals surface area contributed by atoms with E-state index >= 15 is 0 Å². The van der Waals surface area contributed by atoms with Crippen LogP contribution in [-0.2, 0) is 23.5 Å². The Morgan fingerprint density at radius 2 is 0.400 bits per heavy atom. The van der Waals surface area contributed by atoms with Crippen molar-refractivity contribution in [1.82, 2.24) is 0 Å². The van der Waals surface area contributed by atoms with Crippen LogP contribution in [0.25, 0.3) is 0 Å². The van der Waals surface area contributed by atoms with Crippen LogP contribution >= 0.6 is 15.6 Å². The van der Waals surface area contributed by atoms with Gasteiger partial charge in [0.1, 0.15) is 0 Å². The maximum Gasteiger partial charge on any atom is 0.158 e. The Morgan fingerprint density at radius 1 is 0.275 bits per heavy atom. The van der Waals surface area contributed by atoms with E-state index in [0.717, 1.165) is 0 Å². The monoisotopic (exact) mass is 664 g/mol. The van der Waals surface area contributed by atoms with Crippen molar-refractivity contribution in [2.45, 2.75) is 19.6 Å². The summed E-state index contributed by atoms with van der Waals surface area (Å²) in [6.45, 7) is 0. The van der Waals surface area contributed by atoms with Crippen LogP contribution in [0.2, 0.25) is 0 Å². The van der Waals surface area contributed by atoms with Gasteiger partial charge in [0.25, 0.3) is 0 Å². The Morgan fingerprint density at radius 3 is 0.525 bits per heavy atom. The number of hydrogen-bond donors (Lipinski definition) is 0. The maximum absolute atomic E-state index is 10.7. The Hall–Kier alpha value is -2.40. The molecule has 0 unspecified atom stereocenters. The predicted octanol–water partition coefficient (Wildman–Crippen LogP) is 12.6. The molecular formula is C24H22F12P2S2. The minimum atomic E-state index is -10.7. The molecule has 0 fully saturated rings. The third-order valence-corrected chi connectivity index (χ3v) is 5.77. The van der Waals surface area contributed by atoms with Crippen molar-refractivity contribution >= 4 is 39.1 Å². The molecule has 4 rings (SSSR count). The summed E-state index contributed by atoms with van der Waals surface area (Å²) >= 11 is 2.56. The molecule has 0 heterocycles. The van der Waals surface area contributed by atoms with Crippen LogP contribution in [0, 0.1) is 0 Å². The van der Waals surface area contributed by atoms with Crippen LogP contribution in [-0.4, -0.2) is 0 Å². The average Bonchev–Trinajstić information content (AvgIpc) is 2.78. The fourth-order valence-electron chi connectivity index (χ4n) is 2.31. The van der Waals surface area contributed by atoms with Crippen molar-refractivity contribution in [3.63, 3.8) is 0 Å². The second-order valence-electron chi connectivity index (χ2n) is 7.48. The van der Waals surface area contributed by atoms with E-state index in [1.807, 2.05) is 24.3 Å². The van der Waals surface area contributed by atoms with Gasteiger partial charge in [-0.15, -0.1) is 0 Å². The van der Waals surface area contributed by atoms with Crippen LogP contribution in [0.4, 0.5) is 50.4 Å². The molecule has 0 radical (unpaired) electrons. The van der Waals surface area contributed by atoms with Gasteiger partial charge in [0.15, 0.2) is 19.6 Å². The second-order valence-corrected chi connectivity index (χ2v) is 13.8. The van der Waals surface area contributed by atoms with E-state index in [4.69, 9.17) is 0 Å². The molecule has 0 atom stereocenters. The van der Waals surface area contributed by atoms with Gasteiger partial charge in [0, 0.05) is 23.5 Å². The molecule has 0 amide bonds. The predicted molar refractivity (Wildman–Crippen MR) is 143 cm³/mol. The molecule has 0 bridgehead atoms. The minimum absolute atomic E-state index is 1.28. The zero-order valence-electron chi connectivity index (χ0n) is 19.9. The first-order valence-corrected chi connectivity index (χ1v) is 16.4. The zero-order valence-corrected chi connectivity index (χ0v) is 23.4. The maximum atomic E-state index is 9.87. The van der Waals surface area contributed by atoms with Crippen molar-refractivity contribution in [3.05, 3.63) is 121 Å². The molecule has 0 saturated carbocycles. The largest absolute Gasteiger partial charge is 0.158 e. The number of rotatable bonds is 4. The molecule has 0 saturated heterocycles. The zero-order chi connectivity index (χ0) is 30.7. The van der Waals surface area contributed by atoms with Crippen LogP contribution < -0.4 is 0 Å². The van der Waals surface area contributed by atoms with Crippen LogP contribution in [0.15, 0.2) is 141 Å². The molecule has 0 aliphatic heterocycles. The fraction of sp³-hybridized carbons (Fsp3) is 0. The van der Waals surface area contributed by atoms with E-state index in [1.165, 1.54) is 43.1 Å². The molecular weight excluding hydrogens is 642 g/mol. The fourth-order valence-corrected chi connectivity index (χ4v) is 4.19. The smallest absolute Gasteiger partial charge is 0.0619 e. The van der Waals surface area contributed by atoms with Gasteiger partial charge in [0.2, 0.25) is 0 Å². The first kappa shape index (κ1) is 35.6. The molecule has 4 aromatic carbocycles. The van der Waals surface area contributed by atoms with Gasteiger partial charge >= 0.3 is 66.0 Å². The molecule has 40 heavy (non-hydrogen) atoms. The molecule has 4 aromatic rings. The van der Waals surface area contributed by atoms with Gasteiger partial charge < -0.3 is 0 Å². The van der Waals surface area contributed by atoms with Gasteiger partial charge in [-0.05, 0) is 48.5 Å². The third-order valence-electron chi connectivity index (χ3n) is 3.54. The van der Waals surface area contributed by atoms with Gasteiger partial charge in [-0.1, -0.05) is 72.8 Å². The van der Waals surface area contributed by atoms with Crippen LogP contribution in [0.3, 0.4) is 0 Å². The van der Waals surface area contributed by atoms with Gasteiger partial charge in [0.05, 0.1) is 0 Å². The van der Waals surface area contributed by atoms with Gasteiger partial charge in [-0.3, -0.25) is 0 Å². The summed E-state index contributed by atoms with van der Waals surface area (Å²) in [5.74, 6) is 0. The van der Waals surface area contributed by atoms with E-state index < -0.39 is 15.6 Å². The van der Waals surface area contributed by atoms with Crippen molar-refractivity contribution < 1.29 is 50.4 Å². The molecule has 16 heteroatoms. The van der Waals surface area contributed by atoms with E-state index in [-0.39, 0.29) is 0 Å². The summed E-state index contributed by atoms with van der Waals surface area (Å²) in [5.41, 5.74) is 0. The van der Waals surface area contributed by atoms with Crippen LogP contribution in [0.5, 0.6) is 0 Å². The summed E-state index contributed by atoms with van der Waals surface area (Å²) in [6.07, 6.45) is 0. The third kappa shape index (κ3) is 30.1. The van der Waals surface area contributed by atoms with E-state index in [0.29, 0.717) is 0 Å². The summed E-state index contributed by atoms with van der Waals surface area (Å²) in [4.78, 5) is 5.37. The Labute approximate surface area is 230 Å². The van der Waals surface area contributed by atoms with E-state index in [9.17, 15) is 50.4 Å². The number of hydrogen-bond acceptors (Lipinski definition) is 0. The quantitative estimate of drug-likeness (QED) is 0.0882.